The van der Waals surface area contributed by atoms with Crippen LogP contribution in [0.4, 0.5) is 0 Å². The van der Waals surface area contributed by atoms with Crippen molar-refractivity contribution in [3.05, 3.63) is 29.8 Å². The molecular formula is C12H15NO4S. The van der Waals surface area contributed by atoms with Gasteiger partial charge in [-0.2, -0.15) is 4.31 Å². The number of carboxylic acid groups (broad SMARTS) is 1. The Morgan fingerprint density at radius 2 is 1.89 bits per heavy atom. The lowest BCUT2D eigenvalue weighted by Crippen LogP contribution is -2.32. The molecule has 0 aliphatic heterocycles. The van der Waals surface area contributed by atoms with Gasteiger partial charge in [0.05, 0.1) is 4.90 Å². The summed E-state index contributed by atoms with van der Waals surface area (Å²) in [5.74, 6) is -0.603. The minimum absolute atomic E-state index is 0.135. The van der Waals surface area contributed by atoms with Gasteiger partial charge >= 0.3 is 5.97 Å². The van der Waals surface area contributed by atoms with Crippen LogP contribution >= 0.6 is 0 Å². The summed E-state index contributed by atoms with van der Waals surface area (Å²) >= 11 is 0. The van der Waals surface area contributed by atoms with Crippen molar-refractivity contribution in [1.82, 2.24) is 4.31 Å². The summed E-state index contributed by atoms with van der Waals surface area (Å²) in [6.07, 6.45) is 2.32. The highest BCUT2D eigenvalue weighted by Gasteiger charge is 2.26. The summed E-state index contributed by atoms with van der Waals surface area (Å²) in [6, 6.07) is 6.70. The number of aliphatic carboxylic acids is 1. The van der Waals surface area contributed by atoms with Gasteiger partial charge in [-0.25, -0.2) is 8.42 Å². The topological polar surface area (TPSA) is 74.7 Å². The zero-order valence-electron chi connectivity index (χ0n) is 10.0. The predicted molar refractivity (Wildman–Crippen MR) is 65.9 cm³/mol. The molecule has 2 rings (SSSR count). The highest BCUT2D eigenvalue weighted by molar-refractivity contribution is 7.89. The third-order valence-electron chi connectivity index (χ3n) is 2.99. The molecule has 0 bridgehead atoms. The number of sulfonamides is 1. The first-order valence-electron chi connectivity index (χ1n) is 5.69. The molecule has 0 saturated heterocycles. The second kappa shape index (κ2) is 4.70. The van der Waals surface area contributed by atoms with E-state index in [1.54, 1.807) is 24.3 Å². The van der Waals surface area contributed by atoms with Gasteiger partial charge in [-0.1, -0.05) is 12.1 Å². The van der Waals surface area contributed by atoms with Crippen LogP contribution in [0.5, 0.6) is 0 Å². The highest BCUT2D eigenvalue weighted by atomic mass is 32.2. The SMILES string of the molecule is CN(CC(=O)O)S(=O)(=O)c1ccc(C2CC2)cc1. The Hall–Kier alpha value is -1.40. The van der Waals surface area contributed by atoms with Gasteiger partial charge < -0.3 is 5.11 Å². The fourth-order valence-electron chi connectivity index (χ4n) is 1.78. The van der Waals surface area contributed by atoms with Crippen LogP contribution in [0.3, 0.4) is 0 Å². The molecule has 0 amide bonds. The van der Waals surface area contributed by atoms with Gasteiger partial charge in [-0.3, -0.25) is 4.79 Å². The van der Waals surface area contributed by atoms with Crippen molar-refractivity contribution in [3.63, 3.8) is 0 Å². The van der Waals surface area contributed by atoms with E-state index in [1.807, 2.05) is 0 Å². The van der Waals surface area contributed by atoms with Gasteiger partial charge in [0.1, 0.15) is 6.54 Å². The third kappa shape index (κ3) is 2.70. The lowest BCUT2D eigenvalue weighted by molar-refractivity contribution is -0.137. The maximum atomic E-state index is 12.0. The van der Waals surface area contributed by atoms with E-state index in [2.05, 4.69) is 0 Å². The molecule has 1 aliphatic rings. The Labute approximate surface area is 106 Å². The minimum atomic E-state index is -3.70. The molecule has 0 heterocycles. The first-order chi connectivity index (χ1) is 8.41. The van der Waals surface area contributed by atoms with Gasteiger partial charge in [-0.15, -0.1) is 0 Å². The van der Waals surface area contributed by atoms with E-state index in [9.17, 15) is 13.2 Å². The molecule has 1 aromatic rings. The predicted octanol–water partition coefficient (Wildman–Crippen LogP) is 1.27. The van der Waals surface area contributed by atoms with Gasteiger partial charge in [-0.05, 0) is 36.5 Å². The average Bonchev–Trinajstić information content (AvgIpc) is 3.12. The molecule has 0 unspecified atom stereocenters. The Kier molecular flexibility index (Phi) is 3.41. The molecule has 0 aromatic heterocycles. The number of nitrogens with zero attached hydrogens (tertiary/aromatic N) is 1. The van der Waals surface area contributed by atoms with Crippen LogP contribution in [0.2, 0.25) is 0 Å². The van der Waals surface area contributed by atoms with E-state index < -0.39 is 22.5 Å². The number of likely N-dealkylation sites (N-methyl/N-ethyl adjacent to an activating group) is 1. The number of benzene rings is 1. The van der Waals surface area contributed by atoms with Crippen LogP contribution in [-0.4, -0.2) is 37.4 Å². The molecule has 1 N–H and O–H groups in total. The van der Waals surface area contributed by atoms with Crippen molar-refractivity contribution >= 4 is 16.0 Å². The normalized spacial score (nSPS) is 15.9. The van der Waals surface area contributed by atoms with E-state index >= 15 is 0 Å². The van der Waals surface area contributed by atoms with Crippen molar-refractivity contribution < 1.29 is 18.3 Å². The lowest BCUT2D eigenvalue weighted by Gasteiger charge is -2.15. The van der Waals surface area contributed by atoms with Crippen LogP contribution in [0.15, 0.2) is 29.2 Å². The zero-order valence-corrected chi connectivity index (χ0v) is 10.9. The second-order valence-electron chi connectivity index (χ2n) is 4.50. The Morgan fingerprint density at radius 1 is 1.33 bits per heavy atom. The van der Waals surface area contributed by atoms with Crippen molar-refractivity contribution in [2.24, 2.45) is 0 Å². The molecule has 18 heavy (non-hydrogen) atoms. The fraction of sp³-hybridized carbons (Fsp3) is 0.417. The maximum absolute atomic E-state index is 12.0. The number of carboxylic acids is 1. The van der Waals surface area contributed by atoms with Gasteiger partial charge in [0.2, 0.25) is 10.0 Å². The van der Waals surface area contributed by atoms with Crippen LogP contribution in [0.1, 0.15) is 24.3 Å². The van der Waals surface area contributed by atoms with E-state index in [-0.39, 0.29) is 4.90 Å². The summed E-state index contributed by atoms with van der Waals surface area (Å²) in [6.45, 7) is -0.535. The van der Waals surface area contributed by atoms with E-state index in [1.165, 1.54) is 7.05 Å². The molecular weight excluding hydrogens is 254 g/mol. The molecule has 1 saturated carbocycles. The summed E-state index contributed by atoms with van der Waals surface area (Å²) in [5, 5.41) is 8.61. The van der Waals surface area contributed by atoms with Gasteiger partial charge in [0.25, 0.3) is 0 Å². The number of hydrogen-bond acceptors (Lipinski definition) is 3. The quantitative estimate of drug-likeness (QED) is 0.873. The Balaban J connectivity index is 2.20. The molecule has 6 heteroatoms. The molecule has 0 spiro atoms. The molecule has 98 valence electrons. The summed E-state index contributed by atoms with van der Waals surface area (Å²) in [5.41, 5.74) is 1.15. The number of hydrogen-bond donors (Lipinski definition) is 1. The molecule has 0 radical (unpaired) electrons. The first-order valence-corrected chi connectivity index (χ1v) is 7.13. The Bertz CT molecular complexity index is 546. The van der Waals surface area contributed by atoms with Gasteiger partial charge in [0.15, 0.2) is 0 Å². The number of rotatable bonds is 5. The largest absolute Gasteiger partial charge is 0.480 e. The van der Waals surface area contributed by atoms with Crippen molar-refractivity contribution in [2.45, 2.75) is 23.7 Å². The first kappa shape index (κ1) is 13.0. The second-order valence-corrected chi connectivity index (χ2v) is 6.54. The van der Waals surface area contributed by atoms with Crippen molar-refractivity contribution in [2.75, 3.05) is 13.6 Å². The maximum Gasteiger partial charge on any atom is 0.318 e. The lowest BCUT2D eigenvalue weighted by atomic mass is 10.1. The van der Waals surface area contributed by atoms with Crippen molar-refractivity contribution in [1.29, 1.82) is 0 Å². The van der Waals surface area contributed by atoms with Crippen molar-refractivity contribution in [3.8, 4) is 0 Å². The molecule has 1 aromatic carbocycles. The molecule has 1 aliphatic carbocycles. The van der Waals surface area contributed by atoms with Crippen LogP contribution < -0.4 is 0 Å². The zero-order chi connectivity index (χ0) is 13.3. The Morgan fingerprint density at radius 3 is 2.33 bits per heavy atom. The van der Waals surface area contributed by atoms with E-state index in [0.29, 0.717) is 5.92 Å². The fourth-order valence-corrected chi connectivity index (χ4v) is 2.90. The van der Waals surface area contributed by atoms with E-state index in [4.69, 9.17) is 5.11 Å². The minimum Gasteiger partial charge on any atom is -0.480 e. The van der Waals surface area contributed by atoms with Gasteiger partial charge in [0, 0.05) is 7.05 Å². The van der Waals surface area contributed by atoms with Crippen LogP contribution in [0.25, 0.3) is 0 Å². The number of carbonyl (C=O) groups is 1. The van der Waals surface area contributed by atoms with E-state index in [0.717, 1.165) is 22.7 Å². The summed E-state index contributed by atoms with van der Waals surface area (Å²) < 4.78 is 24.9. The smallest absolute Gasteiger partial charge is 0.318 e. The van der Waals surface area contributed by atoms with Crippen LogP contribution in [-0.2, 0) is 14.8 Å². The molecule has 0 atom stereocenters. The third-order valence-corrected chi connectivity index (χ3v) is 4.81. The standard InChI is InChI=1S/C12H15NO4S/c1-13(8-12(14)15)18(16,17)11-6-4-10(5-7-11)9-2-3-9/h4-7,9H,2-3,8H2,1H3,(H,14,15). The summed E-state index contributed by atoms with van der Waals surface area (Å²) in [4.78, 5) is 10.7. The highest BCUT2D eigenvalue weighted by Crippen LogP contribution is 2.40. The van der Waals surface area contributed by atoms with Crippen LogP contribution in [0, 0.1) is 0 Å². The molecule has 5 nitrogen and oxygen atoms in total. The summed E-state index contributed by atoms with van der Waals surface area (Å²) in [7, 11) is -2.44. The molecule has 1 fully saturated rings. The average molecular weight is 269 g/mol. The monoisotopic (exact) mass is 269 g/mol.